The number of rotatable bonds is 6. The van der Waals surface area contributed by atoms with Gasteiger partial charge in [-0.3, -0.25) is 9.97 Å². The predicted octanol–water partition coefficient (Wildman–Crippen LogP) is 4.38. The fraction of sp³-hybridized carbons (Fsp3) is 0.0909. The summed E-state index contributed by atoms with van der Waals surface area (Å²) in [7, 11) is 0. The van der Waals surface area contributed by atoms with Crippen molar-refractivity contribution >= 4 is 11.6 Å². The van der Waals surface area contributed by atoms with Crippen LogP contribution in [0.4, 0.5) is 11.6 Å². The van der Waals surface area contributed by atoms with Crippen LogP contribution in [0.15, 0.2) is 91.8 Å². The summed E-state index contributed by atoms with van der Waals surface area (Å²) in [6.07, 6.45) is 11.8. The zero-order chi connectivity index (χ0) is 18.3. The molecular weight excluding hydrogens is 334 g/mol. The Labute approximate surface area is 158 Å². The highest BCUT2D eigenvalue weighted by Gasteiger charge is 2.18. The summed E-state index contributed by atoms with van der Waals surface area (Å²) in [5.74, 6) is 1.73. The molecule has 0 aliphatic rings. The van der Waals surface area contributed by atoms with E-state index in [1.54, 1.807) is 24.8 Å². The topological polar surface area (TPSA) is 63.6 Å². The number of nitrogens with one attached hydrogen (secondary N) is 1. The zero-order valence-electron chi connectivity index (χ0n) is 14.7. The smallest absolute Gasteiger partial charge is 0.134 e. The molecule has 0 atom stereocenters. The van der Waals surface area contributed by atoms with Gasteiger partial charge >= 0.3 is 0 Å². The van der Waals surface area contributed by atoms with E-state index >= 15 is 0 Å². The third kappa shape index (κ3) is 4.15. The van der Waals surface area contributed by atoms with Crippen LogP contribution in [0.1, 0.15) is 22.6 Å². The lowest BCUT2D eigenvalue weighted by atomic mass is 9.88. The minimum absolute atomic E-state index is 0.140. The van der Waals surface area contributed by atoms with E-state index in [9.17, 15) is 0 Å². The molecule has 5 heteroatoms. The molecule has 4 aromatic heterocycles. The van der Waals surface area contributed by atoms with Crippen LogP contribution in [0.2, 0.25) is 0 Å². The van der Waals surface area contributed by atoms with E-state index < -0.39 is 0 Å². The average Bonchev–Trinajstić information content (AvgIpc) is 2.75. The van der Waals surface area contributed by atoms with Gasteiger partial charge in [0.1, 0.15) is 11.6 Å². The molecule has 0 fully saturated rings. The molecule has 4 heterocycles. The molecule has 0 spiro atoms. The second kappa shape index (κ2) is 8.19. The molecule has 5 nitrogen and oxygen atoms in total. The van der Waals surface area contributed by atoms with Gasteiger partial charge in [-0.05, 0) is 53.4 Å². The van der Waals surface area contributed by atoms with Crippen molar-refractivity contribution in [3.8, 4) is 0 Å². The van der Waals surface area contributed by atoms with E-state index in [4.69, 9.17) is 0 Å². The van der Waals surface area contributed by atoms with Crippen LogP contribution < -0.4 is 5.32 Å². The van der Waals surface area contributed by atoms with Crippen LogP contribution in [0.3, 0.4) is 0 Å². The monoisotopic (exact) mass is 353 g/mol. The summed E-state index contributed by atoms with van der Waals surface area (Å²) < 4.78 is 0. The minimum atomic E-state index is 0.140. The number of hydrogen-bond acceptors (Lipinski definition) is 5. The van der Waals surface area contributed by atoms with E-state index in [-0.39, 0.29) is 5.92 Å². The van der Waals surface area contributed by atoms with Gasteiger partial charge < -0.3 is 5.32 Å². The molecule has 0 radical (unpaired) electrons. The minimum Gasteiger partial charge on any atom is -0.325 e. The predicted molar refractivity (Wildman–Crippen MR) is 106 cm³/mol. The van der Waals surface area contributed by atoms with E-state index in [0.29, 0.717) is 0 Å². The summed E-state index contributed by atoms with van der Waals surface area (Å²) in [6.45, 7) is 0. The maximum Gasteiger partial charge on any atom is 0.134 e. The van der Waals surface area contributed by atoms with Crippen LogP contribution in [0.5, 0.6) is 0 Å². The Morgan fingerprint density at radius 2 is 1.41 bits per heavy atom. The number of nitrogens with zero attached hydrogens (tertiary/aromatic N) is 4. The Bertz CT molecular complexity index is 935. The van der Waals surface area contributed by atoms with Crippen LogP contribution in [0, 0.1) is 0 Å². The quantitative estimate of drug-likeness (QED) is 0.557. The van der Waals surface area contributed by atoms with Crippen molar-refractivity contribution in [3.05, 3.63) is 108 Å². The molecule has 0 bridgehead atoms. The van der Waals surface area contributed by atoms with Gasteiger partial charge in [0.25, 0.3) is 0 Å². The molecule has 27 heavy (non-hydrogen) atoms. The number of hydrogen-bond donors (Lipinski definition) is 1. The first kappa shape index (κ1) is 16.8. The van der Waals surface area contributed by atoms with Crippen molar-refractivity contribution in [2.45, 2.75) is 12.3 Å². The van der Waals surface area contributed by atoms with E-state index in [1.807, 2.05) is 48.8 Å². The van der Waals surface area contributed by atoms with E-state index in [2.05, 4.69) is 43.5 Å². The second-order valence-electron chi connectivity index (χ2n) is 6.18. The van der Waals surface area contributed by atoms with Gasteiger partial charge in [0.2, 0.25) is 0 Å². The molecule has 0 aliphatic carbocycles. The van der Waals surface area contributed by atoms with Gasteiger partial charge in [0.15, 0.2) is 0 Å². The Morgan fingerprint density at radius 3 is 2.04 bits per heavy atom. The second-order valence-corrected chi connectivity index (χ2v) is 6.18. The molecule has 0 aromatic carbocycles. The molecule has 4 rings (SSSR count). The first-order valence-electron chi connectivity index (χ1n) is 8.82. The molecule has 132 valence electrons. The largest absolute Gasteiger partial charge is 0.325 e. The fourth-order valence-corrected chi connectivity index (χ4v) is 3.09. The summed E-state index contributed by atoms with van der Waals surface area (Å²) in [5, 5.41) is 3.33. The van der Waals surface area contributed by atoms with Gasteiger partial charge in [0, 0.05) is 43.1 Å². The van der Waals surface area contributed by atoms with Gasteiger partial charge in [0.05, 0.1) is 0 Å². The summed E-state index contributed by atoms with van der Waals surface area (Å²) in [4.78, 5) is 17.5. The highest BCUT2D eigenvalue weighted by atomic mass is 15.0. The first-order valence-corrected chi connectivity index (χ1v) is 8.82. The maximum absolute atomic E-state index is 4.53. The zero-order valence-corrected chi connectivity index (χ0v) is 14.7. The Kier molecular flexibility index (Phi) is 5.11. The summed E-state index contributed by atoms with van der Waals surface area (Å²) in [6, 6.07) is 18.0. The lowest BCUT2D eigenvalue weighted by Gasteiger charge is -2.19. The maximum atomic E-state index is 4.53. The van der Waals surface area contributed by atoms with E-state index in [1.165, 1.54) is 0 Å². The van der Waals surface area contributed by atoms with Crippen molar-refractivity contribution < 1.29 is 0 Å². The Hall–Kier alpha value is -3.60. The number of aromatic nitrogens is 4. The molecule has 4 aromatic rings. The third-order valence-corrected chi connectivity index (χ3v) is 4.40. The molecule has 0 unspecified atom stereocenters. The van der Waals surface area contributed by atoms with Gasteiger partial charge in [-0.15, -0.1) is 0 Å². The van der Waals surface area contributed by atoms with Gasteiger partial charge in [-0.25, -0.2) is 9.97 Å². The van der Waals surface area contributed by atoms with Gasteiger partial charge in [-0.1, -0.05) is 24.3 Å². The summed E-state index contributed by atoms with van der Waals surface area (Å²) in [5.41, 5.74) is 3.41. The SMILES string of the molecule is c1ccc(Nc2ncccc2CC(c2cccnc2)c2cccnc2)nc1. The van der Waals surface area contributed by atoms with Crippen molar-refractivity contribution in [2.24, 2.45) is 0 Å². The highest BCUT2D eigenvalue weighted by Crippen LogP contribution is 2.30. The highest BCUT2D eigenvalue weighted by molar-refractivity contribution is 5.56. The third-order valence-electron chi connectivity index (χ3n) is 4.40. The lowest BCUT2D eigenvalue weighted by molar-refractivity contribution is 0.792. The van der Waals surface area contributed by atoms with Crippen LogP contribution in [0.25, 0.3) is 0 Å². The molecular formula is C22H19N5. The Balaban J connectivity index is 1.68. The molecule has 0 aliphatic heterocycles. The van der Waals surface area contributed by atoms with Crippen molar-refractivity contribution in [1.29, 1.82) is 0 Å². The normalized spacial score (nSPS) is 10.7. The number of pyridine rings is 4. The lowest BCUT2D eigenvalue weighted by Crippen LogP contribution is -2.08. The Morgan fingerprint density at radius 1 is 0.704 bits per heavy atom. The van der Waals surface area contributed by atoms with E-state index in [0.717, 1.165) is 34.7 Å². The van der Waals surface area contributed by atoms with Crippen molar-refractivity contribution in [1.82, 2.24) is 19.9 Å². The molecule has 0 saturated carbocycles. The fourth-order valence-electron chi connectivity index (χ4n) is 3.09. The van der Waals surface area contributed by atoms with Crippen molar-refractivity contribution in [3.63, 3.8) is 0 Å². The molecule has 0 amide bonds. The van der Waals surface area contributed by atoms with Crippen LogP contribution >= 0.6 is 0 Å². The van der Waals surface area contributed by atoms with Crippen molar-refractivity contribution in [2.75, 3.05) is 5.32 Å². The van der Waals surface area contributed by atoms with Gasteiger partial charge in [-0.2, -0.15) is 0 Å². The van der Waals surface area contributed by atoms with Crippen LogP contribution in [-0.4, -0.2) is 19.9 Å². The first-order chi connectivity index (χ1) is 13.4. The molecule has 1 N–H and O–H groups in total. The van der Waals surface area contributed by atoms with Crippen LogP contribution in [-0.2, 0) is 6.42 Å². The summed E-state index contributed by atoms with van der Waals surface area (Å²) >= 11 is 0. The standard InChI is InChI=1S/C22H19N5/c1-2-12-25-21(9-1)27-22-17(6-5-13-26-22)14-20(18-7-3-10-23-15-18)19-8-4-11-24-16-19/h1-13,15-16,20H,14H2,(H,25,26,27). The number of anilines is 2. The molecule has 0 saturated heterocycles. The average molecular weight is 353 g/mol.